The predicted octanol–water partition coefficient (Wildman–Crippen LogP) is 1.34. The van der Waals surface area contributed by atoms with Crippen LogP contribution in [-0.2, 0) is 28.4 Å². The Kier molecular flexibility index (Phi) is 16.2. The van der Waals surface area contributed by atoms with Crippen LogP contribution in [0.1, 0.15) is 0 Å². The molecule has 1 aromatic heterocycles. The molecular weight excluding hydrogens is 427 g/mol. The van der Waals surface area contributed by atoms with Crippen molar-refractivity contribution in [1.82, 2.24) is 15.0 Å². The summed E-state index contributed by atoms with van der Waals surface area (Å²) in [6.45, 7) is 6.13. The maximum Gasteiger partial charge on any atom is 0.231 e. The third-order valence-corrected chi connectivity index (χ3v) is 3.81. The summed E-state index contributed by atoms with van der Waals surface area (Å²) < 4.78 is 31.7. The van der Waals surface area contributed by atoms with Crippen molar-refractivity contribution in [3.8, 4) is 0 Å². The van der Waals surface area contributed by atoms with Gasteiger partial charge >= 0.3 is 0 Å². The van der Waals surface area contributed by atoms with Gasteiger partial charge in [0.05, 0.1) is 66.1 Å². The lowest BCUT2D eigenvalue weighted by Gasteiger charge is -2.22. The average molecular weight is 457 g/mol. The number of hydrogen-bond donors (Lipinski definition) is 0. The Morgan fingerprint density at radius 3 is 1.38 bits per heavy atom. The van der Waals surface area contributed by atoms with Crippen LogP contribution in [0.25, 0.3) is 0 Å². The van der Waals surface area contributed by atoms with Gasteiger partial charge in [0.2, 0.25) is 16.5 Å². The minimum Gasteiger partial charge on any atom is -0.382 e. The highest BCUT2D eigenvalue weighted by molar-refractivity contribution is 6.31. The summed E-state index contributed by atoms with van der Waals surface area (Å²) in [7, 11) is 3.26. The number of methoxy groups -OCH3 is 2. The molecule has 0 saturated heterocycles. The monoisotopic (exact) mass is 456 g/mol. The quantitative estimate of drug-likeness (QED) is 0.283. The molecule has 0 aliphatic heterocycles. The Morgan fingerprint density at radius 1 is 0.586 bits per heavy atom. The molecule has 0 aromatic carbocycles. The van der Waals surface area contributed by atoms with Gasteiger partial charge < -0.3 is 33.3 Å². The van der Waals surface area contributed by atoms with Gasteiger partial charge in [-0.3, -0.25) is 0 Å². The first-order valence-corrected chi connectivity index (χ1v) is 10.0. The average Bonchev–Trinajstić information content (AvgIpc) is 2.69. The molecular formula is C17H30Cl2N4O6. The first-order chi connectivity index (χ1) is 14.2. The summed E-state index contributed by atoms with van der Waals surface area (Å²) in [4.78, 5) is 13.9. The van der Waals surface area contributed by atoms with E-state index < -0.39 is 0 Å². The second kappa shape index (κ2) is 18.0. The lowest BCUT2D eigenvalue weighted by atomic mass is 10.5. The number of aromatic nitrogens is 3. The molecule has 1 aromatic rings. The van der Waals surface area contributed by atoms with Crippen LogP contribution in [0.2, 0.25) is 10.6 Å². The summed E-state index contributed by atoms with van der Waals surface area (Å²) in [5.74, 6) is 0.370. The fraction of sp³-hybridized carbons (Fsp3) is 0.824. The van der Waals surface area contributed by atoms with E-state index in [-0.39, 0.29) is 10.6 Å². The second-order valence-electron chi connectivity index (χ2n) is 5.60. The summed E-state index contributed by atoms with van der Waals surface area (Å²) in [5.41, 5.74) is 0. The zero-order valence-electron chi connectivity index (χ0n) is 17.0. The molecule has 29 heavy (non-hydrogen) atoms. The SMILES string of the molecule is COCCOCCOCCN(CCOCCOCCOC)c1nc(Cl)nc(Cl)n1. The number of ether oxygens (including phenoxy) is 6. The molecule has 0 N–H and O–H groups in total. The Labute approximate surface area is 181 Å². The molecule has 0 bridgehead atoms. The molecule has 0 fully saturated rings. The highest BCUT2D eigenvalue weighted by Crippen LogP contribution is 2.13. The molecule has 12 heteroatoms. The summed E-state index contributed by atoms with van der Waals surface area (Å²) in [5, 5.41) is 0.0647. The smallest absolute Gasteiger partial charge is 0.231 e. The maximum absolute atomic E-state index is 5.89. The van der Waals surface area contributed by atoms with Gasteiger partial charge in [-0.1, -0.05) is 0 Å². The zero-order chi connectivity index (χ0) is 21.2. The molecule has 10 nitrogen and oxygen atoms in total. The van der Waals surface area contributed by atoms with Crippen LogP contribution in [0.4, 0.5) is 5.95 Å². The topological polar surface area (TPSA) is 97.3 Å². The third kappa shape index (κ3) is 13.9. The zero-order valence-corrected chi connectivity index (χ0v) is 18.5. The van der Waals surface area contributed by atoms with Crippen LogP contribution in [0.15, 0.2) is 0 Å². The molecule has 0 radical (unpaired) electrons. The molecule has 0 saturated carbocycles. The van der Waals surface area contributed by atoms with Crippen LogP contribution in [-0.4, -0.2) is 108 Å². The van der Waals surface area contributed by atoms with E-state index in [1.54, 1.807) is 14.2 Å². The van der Waals surface area contributed by atoms with Gasteiger partial charge in [-0.25, -0.2) is 0 Å². The molecule has 0 aliphatic rings. The first-order valence-electron chi connectivity index (χ1n) is 9.28. The van der Waals surface area contributed by atoms with E-state index in [0.717, 1.165) is 0 Å². The van der Waals surface area contributed by atoms with Crippen LogP contribution < -0.4 is 4.90 Å². The molecule has 0 amide bonds. The fourth-order valence-corrected chi connectivity index (χ4v) is 2.40. The van der Waals surface area contributed by atoms with E-state index in [2.05, 4.69) is 15.0 Å². The molecule has 0 spiro atoms. The normalized spacial score (nSPS) is 11.2. The van der Waals surface area contributed by atoms with Gasteiger partial charge in [-0.2, -0.15) is 15.0 Å². The number of nitrogens with zero attached hydrogens (tertiary/aromatic N) is 4. The van der Waals surface area contributed by atoms with Crippen LogP contribution in [0, 0.1) is 0 Å². The van der Waals surface area contributed by atoms with Crippen LogP contribution in [0.5, 0.6) is 0 Å². The van der Waals surface area contributed by atoms with Crippen molar-refractivity contribution in [1.29, 1.82) is 0 Å². The lowest BCUT2D eigenvalue weighted by Crippen LogP contribution is -2.33. The van der Waals surface area contributed by atoms with Gasteiger partial charge in [0, 0.05) is 27.3 Å². The van der Waals surface area contributed by atoms with Crippen molar-refractivity contribution >= 4 is 29.2 Å². The first kappa shape index (κ1) is 26.2. The summed E-state index contributed by atoms with van der Waals surface area (Å²) in [6, 6.07) is 0. The number of rotatable bonds is 19. The van der Waals surface area contributed by atoms with E-state index in [1.807, 2.05) is 4.90 Å². The molecule has 0 atom stereocenters. The van der Waals surface area contributed by atoms with Crippen molar-refractivity contribution in [2.75, 3.05) is 98.3 Å². The largest absolute Gasteiger partial charge is 0.382 e. The molecule has 0 unspecified atom stereocenters. The van der Waals surface area contributed by atoms with Gasteiger partial charge in [0.25, 0.3) is 0 Å². The van der Waals surface area contributed by atoms with E-state index in [1.165, 1.54) is 0 Å². The Hall–Kier alpha value is -0.850. The van der Waals surface area contributed by atoms with Gasteiger partial charge in [0.15, 0.2) is 0 Å². The van der Waals surface area contributed by atoms with Crippen molar-refractivity contribution in [3.05, 3.63) is 10.6 Å². The molecule has 1 heterocycles. The molecule has 168 valence electrons. The minimum atomic E-state index is 0.0323. The highest BCUT2D eigenvalue weighted by Gasteiger charge is 2.12. The van der Waals surface area contributed by atoms with E-state index in [9.17, 15) is 0 Å². The number of hydrogen-bond acceptors (Lipinski definition) is 10. The van der Waals surface area contributed by atoms with E-state index >= 15 is 0 Å². The van der Waals surface area contributed by atoms with Crippen molar-refractivity contribution in [2.24, 2.45) is 0 Å². The third-order valence-electron chi connectivity index (χ3n) is 3.47. The minimum absolute atomic E-state index is 0.0323. The standard InChI is InChI=1S/C17H30Cl2N4O6/c1-24-7-9-28-13-11-26-5-3-23(17-21-15(18)20-16(19)22-17)4-6-27-12-14-29-10-8-25-2/h3-14H2,1-2H3. The van der Waals surface area contributed by atoms with Crippen molar-refractivity contribution < 1.29 is 28.4 Å². The molecule has 0 aliphatic carbocycles. The van der Waals surface area contributed by atoms with Crippen LogP contribution >= 0.6 is 23.2 Å². The number of halogens is 2. The van der Waals surface area contributed by atoms with Gasteiger partial charge in [-0.15, -0.1) is 0 Å². The highest BCUT2D eigenvalue weighted by atomic mass is 35.5. The van der Waals surface area contributed by atoms with Crippen LogP contribution in [0.3, 0.4) is 0 Å². The fourth-order valence-electron chi connectivity index (χ4n) is 2.05. The Balaban J connectivity index is 2.34. The van der Waals surface area contributed by atoms with Crippen molar-refractivity contribution in [2.45, 2.75) is 0 Å². The van der Waals surface area contributed by atoms with Crippen molar-refractivity contribution in [3.63, 3.8) is 0 Å². The summed E-state index contributed by atoms with van der Waals surface area (Å²) in [6.07, 6.45) is 0. The molecule has 1 rings (SSSR count). The Bertz CT molecular complexity index is 492. The van der Waals surface area contributed by atoms with E-state index in [4.69, 9.17) is 51.6 Å². The number of anilines is 1. The van der Waals surface area contributed by atoms with Gasteiger partial charge in [-0.05, 0) is 23.2 Å². The predicted molar refractivity (Wildman–Crippen MR) is 109 cm³/mol. The summed E-state index contributed by atoms with van der Waals surface area (Å²) >= 11 is 11.8. The second-order valence-corrected chi connectivity index (χ2v) is 6.27. The Morgan fingerprint density at radius 2 is 0.966 bits per heavy atom. The maximum atomic E-state index is 5.89. The van der Waals surface area contributed by atoms with E-state index in [0.29, 0.717) is 85.1 Å². The lowest BCUT2D eigenvalue weighted by molar-refractivity contribution is 0.0235. The van der Waals surface area contributed by atoms with Gasteiger partial charge in [0.1, 0.15) is 0 Å².